The third kappa shape index (κ3) is 4.52. The number of hydrogen-bond donors (Lipinski definition) is 1. The summed E-state index contributed by atoms with van der Waals surface area (Å²) in [5, 5.41) is 2.95. The Morgan fingerprint density at radius 3 is 2.62 bits per heavy atom. The Kier molecular flexibility index (Phi) is 5.69. The summed E-state index contributed by atoms with van der Waals surface area (Å²) in [4.78, 5) is 19.5. The van der Waals surface area contributed by atoms with Gasteiger partial charge in [-0.2, -0.15) is 0 Å². The lowest BCUT2D eigenvalue weighted by atomic mass is 10.0. The highest BCUT2D eigenvalue weighted by molar-refractivity contribution is 6.05. The number of piperidine rings is 1. The average Bonchev–Trinajstić information content (AvgIpc) is 3.17. The predicted molar refractivity (Wildman–Crippen MR) is 110 cm³/mol. The summed E-state index contributed by atoms with van der Waals surface area (Å²) < 4.78 is 17.4. The number of aromatic nitrogens is 1. The molecule has 3 heterocycles. The summed E-state index contributed by atoms with van der Waals surface area (Å²) in [5.41, 5.74) is 1.21. The van der Waals surface area contributed by atoms with Gasteiger partial charge in [-0.05, 0) is 38.1 Å². The molecule has 0 saturated carbocycles. The molecule has 1 aromatic heterocycles. The standard InChI is InChI=1S/C22H27N3O4/c1-16(2)29-19-6-4-3-5-18(19)24-21(26)17-7-10-23-20(15-17)25-11-8-22(9-12-25)27-13-14-28-22/h3-7,10,15-16H,8-9,11-14H2,1-2H3,(H,24,26). The normalized spacial score (nSPS) is 18.2. The highest BCUT2D eigenvalue weighted by atomic mass is 16.7. The molecule has 1 aromatic carbocycles. The largest absolute Gasteiger partial charge is 0.489 e. The molecule has 4 rings (SSSR count). The van der Waals surface area contributed by atoms with E-state index in [0.717, 1.165) is 31.7 Å². The average molecular weight is 397 g/mol. The molecule has 0 bridgehead atoms. The van der Waals surface area contributed by atoms with Crippen LogP contribution in [0, 0.1) is 0 Å². The van der Waals surface area contributed by atoms with Crippen molar-refractivity contribution >= 4 is 17.4 Å². The van der Waals surface area contributed by atoms with Crippen molar-refractivity contribution in [2.45, 2.75) is 38.6 Å². The van der Waals surface area contributed by atoms with Crippen LogP contribution in [0.25, 0.3) is 0 Å². The van der Waals surface area contributed by atoms with Gasteiger partial charge in [0.2, 0.25) is 0 Å². The van der Waals surface area contributed by atoms with Gasteiger partial charge >= 0.3 is 0 Å². The second kappa shape index (κ2) is 8.39. The van der Waals surface area contributed by atoms with E-state index in [2.05, 4.69) is 15.2 Å². The number of carbonyl (C=O) groups is 1. The molecular formula is C22H27N3O4. The van der Waals surface area contributed by atoms with Crippen LogP contribution in [0.4, 0.5) is 11.5 Å². The lowest BCUT2D eigenvalue weighted by Gasteiger charge is -2.38. The number of nitrogens with zero attached hydrogens (tertiary/aromatic N) is 2. The molecular weight excluding hydrogens is 370 g/mol. The van der Waals surface area contributed by atoms with Gasteiger partial charge in [0.15, 0.2) is 5.79 Å². The molecule has 1 amide bonds. The van der Waals surface area contributed by atoms with Crippen LogP contribution in [-0.4, -0.2) is 49.1 Å². The molecule has 2 aliphatic rings. The fraction of sp³-hybridized carbons (Fsp3) is 0.455. The Labute approximate surface area is 171 Å². The van der Waals surface area contributed by atoms with E-state index >= 15 is 0 Å². The predicted octanol–water partition coefficient (Wildman–Crippen LogP) is 3.46. The maximum absolute atomic E-state index is 12.8. The number of pyridine rings is 1. The van der Waals surface area contributed by atoms with Crippen molar-refractivity contribution in [3.8, 4) is 5.75 Å². The molecule has 1 N–H and O–H groups in total. The van der Waals surface area contributed by atoms with Gasteiger partial charge in [-0.15, -0.1) is 0 Å². The molecule has 154 valence electrons. The molecule has 7 heteroatoms. The van der Waals surface area contributed by atoms with Crippen molar-refractivity contribution in [3.05, 3.63) is 48.2 Å². The maximum atomic E-state index is 12.8. The van der Waals surface area contributed by atoms with Crippen LogP contribution >= 0.6 is 0 Å². The molecule has 0 radical (unpaired) electrons. The highest BCUT2D eigenvalue weighted by Gasteiger charge is 2.40. The van der Waals surface area contributed by atoms with Crippen molar-refractivity contribution in [2.75, 3.05) is 36.5 Å². The van der Waals surface area contributed by atoms with E-state index in [1.54, 1.807) is 12.3 Å². The molecule has 2 fully saturated rings. The van der Waals surface area contributed by atoms with Gasteiger partial charge in [-0.25, -0.2) is 4.98 Å². The first-order chi connectivity index (χ1) is 14.0. The Morgan fingerprint density at radius 2 is 1.90 bits per heavy atom. The third-order valence-electron chi connectivity index (χ3n) is 5.17. The summed E-state index contributed by atoms with van der Waals surface area (Å²) in [7, 11) is 0. The molecule has 2 aliphatic heterocycles. The number of benzene rings is 1. The minimum absolute atomic E-state index is 0.0239. The zero-order valence-electron chi connectivity index (χ0n) is 16.9. The summed E-state index contributed by atoms with van der Waals surface area (Å²) in [6.45, 7) is 6.80. The fourth-order valence-electron chi connectivity index (χ4n) is 3.72. The number of carbonyl (C=O) groups excluding carboxylic acids is 1. The number of para-hydroxylation sites is 2. The fourth-order valence-corrected chi connectivity index (χ4v) is 3.72. The third-order valence-corrected chi connectivity index (χ3v) is 5.17. The van der Waals surface area contributed by atoms with Crippen LogP contribution in [0.5, 0.6) is 5.75 Å². The van der Waals surface area contributed by atoms with Crippen molar-refractivity contribution in [2.24, 2.45) is 0 Å². The van der Waals surface area contributed by atoms with Crippen LogP contribution in [-0.2, 0) is 9.47 Å². The van der Waals surface area contributed by atoms with Gasteiger partial charge in [0.1, 0.15) is 11.6 Å². The van der Waals surface area contributed by atoms with E-state index in [4.69, 9.17) is 14.2 Å². The van der Waals surface area contributed by atoms with E-state index in [-0.39, 0.29) is 12.0 Å². The van der Waals surface area contributed by atoms with Gasteiger partial charge in [0.05, 0.1) is 25.0 Å². The van der Waals surface area contributed by atoms with Crippen molar-refractivity contribution in [3.63, 3.8) is 0 Å². The van der Waals surface area contributed by atoms with Crippen LogP contribution in [0.15, 0.2) is 42.6 Å². The zero-order chi connectivity index (χ0) is 20.3. The number of anilines is 2. The molecule has 29 heavy (non-hydrogen) atoms. The van der Waals surface area contributed by atoms with Crippen LogP contribution in [0.3, 0.4) is 0 Å². The van der Waals surface area contributed by atoms with E-state index in [9.17, 15) is 4.79 Å². The quantitative estimate of drug-likeness (QED) is 0.833. The smallest absolute Gasteiger partial charge is 0.255 e. The van der Waals surface area contributed by atoms with Crippen LogP contribution < -0.4 is 15.0 Å². The van der Waals surface area contributed by atoms with Crippen molar-refractivity contribution < 1.29 is 19.0 Å². The molecule has 0 atom stereocenters. The number of nitrogens with one attached hydrogen (secondary N) is 1. The molecule has 7 nitrogen and oxygen atoms in total. The summed E-state index contributed by atoms with van der Waals surface area (Å²) >= 11 is 0. The number of amides is 1. The number of ether oxygens (including phenoxy) is 3. The Hall–Kier alpha value is -2.64. The lowest BCUT2D eigenvalue weighted by Crippen LogP contribution is -2.45. The van der Waals surface area contributed by atoms with Gasteiger partial charge in [-0.3, -0.25) is 4.79 Å². The number of hydrogen-bond acceptors (Lipinski definition) is 6. The minimum Gasteiger partial charge on any atom is -0.489 e. The van der Waals surface area contributed by atoms with Crippen LogP contribution in [0.2, 0.25) is 0 Å². The first kappa shape index (κ1) is 19.7. The molecule has 1 spiro atoms. The first-order valence-electron chi connectivity index (χ1n) is 10.1. The first-order valence-corrected chi connectivity index (χ1v) is 10.1. The molecule has 2 saturated heterocycles. The molecule has 2 aromatic rings. The Bertz CT molecular complexity index is 855. The molecule has 0 aliphatic carbocycles. The minimum atomic E-state index is -0.425. The molecule has 0 unspecified atom stereocenters. The van der Waals surface area contributed by atoms with E-state index in [1.807, 2.05) is 44.2 Å². The zero-order valence-corrected chi connectivity index (χ0v) is 16.9. The SMILES string of the molecule is CC(C)Oc1ccccc1NC(=O)c1ccnc(N2CCC3(CC2)OCCO3)c1. The second-order valence-corrected chi connectivity index (χ2v) is 7.61. The topological polar surface area (TPSA) is 72.9 Å². The van der Waals surface area contributed by atoms with Gasteiger partial charge < -0.3 is 24.4 Å². The lowest BCUT2D eigenvalue weighted by molar-refractivity contribution is -0.169. The highest BCUT2D eigenvalue weighted by Crippen LogP contribution is 2.33. The Morgan fingerprint density at radius 1 is 1.17 bits per heavy atom. The monoisotopic (exact) mass is 397 g/mol. The van der Waals surface area contributed by atoms with Gasteiger partial charge in [0.25, 0.3) is 5.91 Å². The van der Waals surface area contributed by atoms with E-state index in [0.29, 0.717) is 30.2 Å². The van der Waals surface area contributed by atoms with Crippen molar-refractivity contribution in [1.29, 1.82) is 0 Å². The van der Waals surface area contributed by atoms with Crippen LogP contribution in [0.1, 0.15) is 37.0 Å². The van der Waals surface area contributed by atoms with Gasteiger partial charge in [-0.1, -0.05) is 12.1 Å². The summed E-state index contributed by atoms with van der Waals surface area (Å²) in [6.07, 6.45) is 3.29. The summed E-state index contributed by atoms with van der Waals surface area (Å²) in [6, 6.07) is 11.0. The summed E-state index contributed by atoms with van der Waals surface area (Å²) in [5.74, 6) is 0.829. The number of rotatable bonds is 5. The van der Waals surface area contributed by atoms with E-state index < -0.39 is 5.79 Å². The van der Waals surface area contributed by atoms with Crippen molar-refractivity contribution in [1.82, 2.24) is 4.98 Å². The Balaban J connectivity index is 1.44. The van der Waals surface area contributed by atoms with E-state index in [1.165, 1.54) is 0 Å². The van der Waals surface area contributed by atoms with Gasteiger partial charge in [0, 0.05) is 37.7 Å². The maximum Gasteiger partial charge on any atom is 0.255 e. The second-order valence-electron chi connectivity index (χ2n) is 7.61.